The van der Waals surface area contributed by atoms with Crippen molar-refractivity contribution in [1.29, 1.82) is 0 Å². The summed E-state index contributed by atoms with van der Waals surface area (Å²) in [4.78, 5) is 107. The third kappa shape index (κ3) is 85.2. The molecule has 2 saturated heterocycles. The zero-order valence-electron chi connectivity index (χ0n) is 83.0. The first-order chi connectivity index (χ1) is 63.2. The molecule has 742 valence electrons. The van der Waals surface area contributed by atoms with Crippen LogP contribution in [0.2, 0.25) is 0 Å². The first kappa shape index (κ1) is 120. The SMILES string of the molecule is CCCCC/C=C\C/C=C\CCCCCCCC(=O)OCC(COC(=O)CCCCCCC/C=C\C/C=C\CCCCC)COC(=O)CC(CCCC)OC(=O)NCCN1CCCC1.CCCCC/C=C\C/C=C\CCCCCCCC(=O)OCC(COC(=O)CCCCCCC/C=C\C/C=C\CCCCC)COC(=O)CCC(CCCC)OC(=O)NCCN1CCCC1. The highest BCUT2D eigenvalue weighted by Crippen LogP contribution is 2.20. The number of unbranched alkanes of at least 4 members (excludes halogenated alkanes) is 34. The van der Waals surface area contributed by atoms with Gasteiger partial charge in [0.2, 0.25) is 0 Å². The lowest BCUT2D eigenvalue weighted by Gasteiger charge is -2.20. The van der Waals surface area contributed by atoms with E-state index in [0.717, 1.165) is 245 Å². The van der Waals surface area contributed by atoms with Gasteiger partial charge in [-0.1, -0.05) is 293 Å². The highest BCUT2D eigenvalue weighted by Gasteiger charge is 2.25. The molecule has 2 atom stereocenters. The normalized spacial score (nSPS) is 13.8. The number of ether oxygens (including phenoxy) is 8. The van der Waals surface area contributed by atoms with Crippen molar-refractivity contribution in [3.63, 3.8) is 0 Å². The summed E-state index contributed by atoms with van der Waals surface area (Å²) >= 11 is 0. The van der Waals surface area contributed by atoms with Crippen LogP contribution in [0.25, 0.3) is 0 Å². The molecule has 2 heterocycles. The largest absolute Gasteiger partial charge is 0.465 e. The highest BCUT2D eigenvalue weighted by atomic mass is 16.6. The van der Waals surface area contributed by atoms with E-state index in [0.29, 0.717) is 58.0 Å². The van der Waals surface area contributed by atoms with Gasteiger partial charge in [-0.2, -0.15) is 0 Å². The molecule has 2 N–H and O–H groups in total. The number of allylic oxidation sites excluding steroid dienone is 16. The minimum absolute atomic E-state index is 0.00316. The van der Waals surface area contributed by atoms with Crippen LogP contribution in [-0.2, 0) is 66.7 Å². The lowest BCUT2D eigenvalue weighted by Crippen LogP contribution is -2.36. The fraction of sp³-hybridized carbons (Fsp3) is 0.780. The standard InChI is InChI=1S/C55H96N2O8.C54H94N2O8/c1-4-7-10-12-14-16-18-20-22-24-26-28-30-32-34-39-52(58)62-47-50(48-63-53(59)40-35-33-31-29-27-25-23-21-19-17-15-13-11-8-5-2)49-64-54(60)42-41-51(38-9-6-3)65-55(61)56-43-46-57-44-36-37-45-57;1-4-7-10-12-14-16-18-20-22-24-26-28-30-32-34-39-51(57)61-46-49(47-62-52(58)40-35-33-31-29-27-25-23-21-19-17-15-13-11-8-5-2)48-63-53(59)45-50(38-9-6-3)64-54(60)55-41-44-56-42-36-37-43-56/h14-17,20-23,50-51H,4-13,18-19,24-49H2,1-3H3,(H,56,61);14-17,20-23,49-50H,4-13,18-19,24-48H2,1-3H3,(H,55,60)/b2*16-14-,17-15-,22-20-,23-21-. The number of carbonyl (C=O) groups is 8. The molecule has 0 aliphatic carbocycles. The lowest BCUT2D eigenvalue weighted by molar-refractivity contribution is -0.156. The fourth-order valence-corrected chi connectivity index (χ4v) is 15.1. The lowest BCUT2D eigenvalue weighted by atomic mass is 10.1. The maximum Gasteiger partial charge on any atom is 0.407 e. The van der Waals surface area contributed by atoms with Gasteiger partial charge >= 0.3 is 48.0 Å². The van der Waals surface area contributed by atoms with Crippen LogP contribution in [0, 0.1) is 11.8 Å². The van der Waals surface area contributed by atoms with Gasteiger partial charge in [0.05, 0.1) is 18.3 Å². The number of nitrogens with one attached hydrogen (secondary N) is 2. The molecule has 2 aliphatic rings. The first-order valence-corrected chi connectivity index (χ1v) is 52.7. The Morgan fingerprint density at radius 1 is 0.256 bits per heavy atom. The molecule has 0 aromatic heterocycles. The van der Waals surface area contributed by atoms with Crippen molar-refractivity contribution >= 4 is 48.0 Å². The van der Waals surface area contributed by atoms with E-state index in [4.69, 9.17) is 37.9 Å². The maximum atomic E-state index is 13.0. The van der Waals surface area contributed by atoms with Gasteiger partial charge in [0, 0.05) is 58.3 Å². The minimum atomic E-state index is -0.610. The second-order valence-corrected chi connectivity index (χ2v) is 35.8. The van der Waals surface area contributed by atoms with Crippen molar-refractivity contribution < 1.29 is 76.3 Å². The van der Waals surface area contributed by atoms with E-state index < -0.39 is 48.2 Å². The van der Waals surface area contributed by atoms with Gasteiger partial charge < -0.3 is 58.3 Å². The van der Waals surface area contributed by atoms with Crippen LogP contribution in [0.15, 0.2) is 97.2 Å². The number of nitrogens with zero attached hydrogens (tertiary/aromatic N) is 2. The number of likely N-dealkylation sites (tertiary alicyclic amines) is 2. The van der Waals surface area contributed by atoms with Gasteiger partial charge in [0.25, 0.3) is 0 Å². The van der Waals surface area contributed by atoms with Crippen LogP contribution in [0.5, 0.6) is 0 Å². The molecule has 2 fully saturated rings. The fourth-order valence-electron chi connectivity index (χ4n) is 15.1. The second-order valence-electron chi connectivity index (χ2n) is 35.8. The minimum Gasteiger partial charge on any atom is -0.465 e. The predicted octanol–water partition coefficient (Wildman–Crippen LogP) is 27.7. The Morgan fingerprint density at radius 3 is 0.767 bits per heavy atom. The van der Waals surface area contributed by atoms with E-state index in [1.54, 1.807) is 0 Å². The molecule has 0 radical (unpaired) electrons. The van der Waals surface area contributed by atoms with Crippen molar-refractivity contribution in [2.75, 3.05) is 92.0 Å². The summed E-state index contributed by atoms with van der Waals surface area (Å²) in [5.74, 6) is -3.11. The van der Waals surface area contributed by atoms with Crippen molar-refractivity contribution in [1.82, 2.24) is 20.4 Å². The van der Waals surface area contributed by atoms with E-state index in [9.17, 15) is 38.4 Å². The molecule has 0 aromatic rings. The zero-order valence-corrected chi connectivity index (χ0v) is 83.0. The predicted molar refractivity (Wildman–Crippen MR) is 531 cm³/mol. The molecule has 2 aliphatic heterocycles. The third-order valence-electron chi connectivity index (χ3n) is 23.4. The Bertz CT molecular complexity index is 2790. The second kappa shape index (κ2) is 94.4. The van der Waals surface area contributed by atoms with Gasteiger partial charge in [0.15, 0.2) is 0 Å². The topological polar surface area (TPSA) is 241 Å². The van der Waals surface area contributed by atoms with E-state index in [1.807, 2.05) is 6.92 Å². The van der Waals surface area contributed by atoms with Crippen molar-refractivity contribution in [3.8, 4) is 0 Å². The Kier molecular flexibility index (Phi) is 88.0. The van der Waals surface area contributed by atoms with Crippen molar-refractivity contribution in [3.05, 3.63) is 97.2 Å². The monoisotopic (exact) mass is 1810 g/mol. The highest BCUT2D eigenvalue weighted by molar-refractivity contribution is 5.73. The molecule has 2 amide bonds. The van der Waals surface area contributed by atoms with Gasteiger partial charge in [0.1, 0.15) is 51.8 Å². The summed E-state index contributed by atoms with van der Waals surface area (Å²) < 4.78 is 45.1. The molecule has 20 heteroatoms. The number of rotatable bonds is 87. The van der Waals surface area contributed by atoms with Crippen molar-refractivity contribution in [2.24, 2.45) is 11.8 Å². The van der Waals surface area contributed by atoms with Crippen LogP contribution >= 0.6 is 0 Å². The van der Waals surface area contributed by atoms with Crippen LogP contribution in [0.1, 0.15) is 433 Å². The summed E-state index contributed by atoms with van der Waals surface area (Å²) in [6.07, 6.45) is 94.2. The molecule has 0 bridgehead atoms. The zero-order chi connectivity index (χ0) is 93.5. The van der Waals surface area contributed by atoms with E-state index in [1.165, 1.54) is 128 Å². The molecular weight excluding hydrogens is 1620 g/mol. The van der Waals surface area contributed by atoms with Gasteiger partial charge in [-0.25, -0.2) is 9.59 Å². The maximum absolute atomic E-state index is 13.0. The van der Waals surface area contributed by atoms with Crippen LogP contribution in [0.4, 0.5) is 9.59 Å². The first-order valence-electron chi connectivity index (χ1n) is 52.7. The van der Waals surface area contributed by atoms with Gasteiger partial charge in [-0.15, -0.1) is 0 Å². The number of esters is 6. The summed E-state index contributed by atoms with van der Waals surface area (Å²) in [5, 5.41) is 5.68. The average Bonchev–Trinajstić information content (AvgIpc) is 1.23. The van der Waals surface area contributed by atoms with Gasteiger partial charge in [-0.3, -0.25) is 28.8 Å². The number of hydrogen-bond donors (Lipinski definition) is 2. The summed E-state index contributed by atoms with van der Waals surface area (Å²) in [5.41, 5.74) is 0. The summed E-state index contributed by atoms with van der Waals surface area (Å²) in [7, 11) is 0. The van der Waals surface area contributed by atoms with Crippen LogP contribution < -0.4 is 10.6 Å². The number of alkyl carbamates (subject to hydrolysis) is 2. The van der Waals surface area contributed by atoms with E-state index in [-0.39, 0.29) is 76.4 Å². The molecule has 0 spiro atoms. The number of amides is 2. The summed E-state index contributed by atoms with van der Waals surface area (Å²) in [6.45, 7) is 19.8. The Balaban J connectivity index is 0.00000129. The molecular formula is C109H190N4O16. The summed E-state index contributed by atoms with van der Waals surface area (Å²) in [6, 6.07) is 0. The molecule has 0 aromatic carbocycles. The average molecular weight is 1810 g/mol. The van der Waals surface area contributed by atoms with Crippen LogP contribution in [0.3, 0.4) is 0 Å². The molecule has 0 saturated carbocycles. The third-order valence-corrected chi connectivity index (χ3v) is 23.4. The van der Waals surface area contributed by atoms with Gasteiger partial charge in [-0.05, 0) is 225 Å². The van der Waals surface area contributed by atoms with E-state index in [2.05, 4.69) is 152 Å². The Labute approximate surface area is 786 Å². The molecule has 2 rings (SSSR count). The quantitative estimate of drug-likeness (QED) is 0.0249. The Hall–Kier alpha value is -6.80. The number of hydrogen-bond acceptors (Lipinski definition) is 18. The molecule has 129 heavy (non-hydrogen) atoms. The molecule has 20 nitrogen and oxygen atoms in total. The van der Waals surface area contributed by atoms with E-state index >= 15 is 0 Å². The Morgan fingerprint density at radius 2 is 0.488 bits per heavy atom. The van der Waals surface area contributed by atoms with Crippen LogP contribution in [-0.4, -0.2) is 162 Å². The van der Waals surface area contributed by atoms with Crippen molar-refractivity contribution in [2.45, 2.75) is 445 Å². The smallest absolute Gasteiger partial charge is 0.407 e. The molecule has 2 unspecified atom stereocenters. The number of carbonyl (C=O) groups excluding carboxylic acids is 8.